The van der Waals surface area contributed by atoms with Gasteiger partial charge in [0.15, 0.2) is 0 Å². The van der Waals surface area contributed by atoms with Gasteiger partial charge in [-0.1, -0.05) is 13.8 Å². The number of aryl methyl sites for hydroxylation is 1. The molecule has 3 heteroatoms. The maximum absolute atomic E-state index is 11.0. The predicted octanol–water partition coefficient (Wildman–Crippen LogP) is 2.21. The zero-order chi connectivity index (χ0) is 11.2. The first-order valence-electron chi connectivity index (χ1n) is 5.10. The summed E-state index contributed by atoms with van der Waals surface area (Å²) in [4.78, 5) is 15.2. The Morgan fingerprint density at radius 1 is 1.53 bits per heavy atom. The summed E-state index contributed by atoms with van der Waals surface area (Å²) in [5.74, 6) is -0.810. The van der Waals surface area contributed by atoms with Crippen molar-refractivity contribution in [2.24, 2.45) is 11.3 Å². The number of hydrogen-bond donors (Lipinski definition) is 1. The Bertz CT molecular complexity index is 412. The van der Waals surface area contributed by atoms with Crippen LogP contribution in [0.3, 0.4) is 0 Å². The van der Waals surface area contributed by atoms with Gasteiger partial charge in [-0.3, -0.25) is 9.78 Å². The smallest absolute Gasteiger partial charge is 0.307 e. The third-order valence-corrected chi connectivity index (χ3v) is 3.37. The van der Waals surface area contributed by atoms with Crippen molar-refractivity contribution in [1.82, 2.24) is 4.98 Å². The molecule has 0 aliphatic heterocycles. The van der Waals surface area contributed by atoms with Gasteiger partial charge in [-0.15, -0.1) is 0 Å². The number of hydrogen-bond acceptors (Lipinski definition) is 2. The molecule has 0 aromatic carbocycles. The lowest BCUT2D eigenvalue weighted by Gasteiger charge is -2.02. The van der Waals surface area contributed by atoms with E-state index < -0.39 is 5.97 Å². The first-order chi connectivity index (χ1) is 6.94. The Kier molecular flexibility index (Phi) is 2.07. The largest absolute Gasteiger partial charge is 0.481 e. The van der Waals surface area contributed by atoms with Crippen molar-refractivity contribution in [3.63, 3.8) is 0 Å². The van der Waals surface area contributed by atoms with Gasteiger partial charge in [-0.05, 0) is 30.0 Å². The second-order valence-electron chi connectivity index (χ2n) is 4.85. The summed E-state index contributed by atoms with van der Waals surface area (Å²) in [6, 6.07) is 3.90. The Balaban J connectivity index is 2.31. The quantitative estimate of drug-likeness (QED) is 0.805. The normalized spacial score (nSPS) is 27.4. The maximum atomic E-state index is 11.0. The minimum Gasteiger partial charge on any atom is -0.481 e. The summed E-state index contributed by atoms with van der Waals surface area (Å²) in [5, 5.41) is 9.07. The molecule has 0 unspecified atom stereocenters. The van der Waals surface area contributed by atoms with Crippen LogP contribution in [0.15, 0.2) is 18.3 Å². The molecule has 0 bridgehead atoms. The van der Waals surface area contributed by atoms with Crippen molar-refractivity contribution in [2.75, 3.05) is 0 Å². The highest BCUT2D eigenvalue weighted by molar-refractivity contribution is 5.77. The average Bonchev–Trinajstić information content (AvgIpc) is 2.69. The molecular formula is C12H15NO2. The van der Waals surface area contributed by atoms with E-state index in [4.69, 9.17) is 5.11 Å². The van der Waals surface area contributed by atoms with Crippen LogP contribution >= 0.6 is 0 Å². The topological polar surface area (TPSA) is 50.2 Å². The van der Waals surface area contributed by atoms with Gasteiger partial charge in [0.05, 0.1) is 5.92 Å². The van der Waals surface area contributed by atoms with Gasteiger partial charge in [0, 0.05) is 17.8 Å². The molecule has 1 heterocycles. The fraction of sp³-hybridized carbons (Fsp3) is 0.500. The summed E-state index contributed by atoms with van der Waals surface area (Å²) in [6.45, 7) is 5.94. The van der Waals surface area contributed by atoms with Gasteiger partial charge in [0.1, 0.15) is 0 Å². The van der Waals surface area contributed by atoms with Crippen molar-refractivity contribution in [3.05, 3.63) is 29.6 Å². The standard InChI is InChI=1S/C12H15NO2/c1-7-6-8(4-5-13-7)9-10(11(14)15)12(9,2)3/h4-6,9-10H,1-3H3,(H,14,15)/t9-,10+/m0/s1. The first-order valence-corrected chi connectivity index (χ1v) is 5.10. The van der Waals surface area contributed by atoms with Crippen LogP contribution in [-0.2, 0) is 4.79 Å². The summed E-state index contributed by atoms with van der Waals surface area (Å²) in [7, 11) is 0. The van der Waals surface area contributed by atoms with Gasteiger partial charge in [-0.25, -0.2) is 0 Å². The summed E-state index contributed by atoms with van der Waals surface area (Å²) in [5.41, 5.74) is 1.92. The highest BCUT2D eigenvalue weighted by Crippen LogP contribution is 2.64. The Labute approximate surface area is 89.2 Å². The van der Waals surface area contributed by atoms with Gasteiger partial charge in [0.25, 0.3) is 0 Å². The summed E-state index contributed by atoms with van der Waals surface area (Å²) < 4.78 is 0. The molecule has 1 aromatic heterocycles. The van der Waals surface area contributed by atoms with E-state index >= 15 is 0 Å². The van der Waals surface area contributed by atoms with Crippen LogP contribution in [-0.4, -0.2) is 16.1 Å². The third-order valence-electron chi connectivity index (χ3n) is 3.37. The molecule has 1 aliphatic rings. The lowest BCUT2D eigenvalue weighted by molar-refractivity contribution is -0.139. The van der Waals surface area contributed by atoms with Crippen LogP contribution in [0.1, 0.15) is 31.0 Å². The molecule has 0 amide bonds. The van der Waals surface area contributed by atoms with Crippen molar-refractivity contribution < 1.29 is 9.90 Å². The van der Waals surface area contributed by atoms with Crippen LogP contribution in [0.25, 0.3) is 0 Å². The van der Waals surface area contributed by atoms with Crippen molar-refractivity contribution in [1.29, 1.82) is 0 Å². The number of nitrogens with zero attached hydrogens (tertiary/aromatic N) is 1. The van der Waals surface area contributed by atoms with Gasteiger partial charge in [-0.2, -0.15) is 0 Å². The van der Waals surface area contributed by atoms with Gasteiger partial charge >= 0.3 is 5.97 Å². The molecule has 1 N–H and O–H groups in total. The molecule has 15 heavy (non-hydrogen) atoms. The van der Waals surface area contributed by atoms with E-state index in [1.807, 2.05) is 32.9 Å². The first kappa shape index (κ1) is 10.1. The lowest BCUT2D eigenvalue weighted by Crippen LogP contribution is -2.03. The monoisotopic (exact) mass is 205 g/mol. The molecule has 2 rings (SSSR count). The van der Waals surface area contributed by atoms with Crippen LogP contribution in [0.5, 0.6) is 0 Å². The number of carboxylic acids is 1. The highest BCUT2D eigenvalue weighted by atomic mass is 16.4. The second-order valence-corrected chi connectivity index (χ2v) is 4.85. The van der Waals surface area contributed by atoms with Crippen molar-refractivity contribution >= 4 is 5.97 Å². The number of carbonyl (C=O) groups is 1. The molecule has 2 atom stereocenters. The molecule has 0 saturated heterocycles. The van der Waals surface area contributed by atoms with E-state index in [0.29, 0.717) is 0 Å². The fourth-order valence-corrected chi connectivity index (χ4v) is 2.48. The molecule has 0 spiro atoms. The Hall–Kier alpha value is -1.38. The number of aromatic nitrogens is 1. The fourth-order valence-electron chi connectivity index (χ4n) is 2.48. The summed E-state index contributed by atoms with van der Waals surface area (Å²) in [6.07, 6.45) is 1.75. The molecule has 3 nitrogen and oxygen atoms in total. The van der Waals surface area contributed by atoms with E-state index in [1.165, 1.54) is 0 Å². The minimum atomic E-state index is -0.695. The van der Waals surface area contributed by atoms with Crippen molar-refractivity contribution in [2.45, 2.75) is 26.7 Å². The number of carboxylic acid groups (broad SMARTS) is 1. The molecule has 0 radical (unpaired) electrons. The zero-order valence-electron chi connectivity index (χ0n) is 9.19. The maximum Gasteiger partial charge on any atom is 0.307 e. The number of aliphatic carboxylic acids is 1. The van der Waals surface area contributed by atoms with Crippen LogP contribution < -0.4 is 0 Å². The molecule has 80 valence electrons. The molecule has 1 saturated carbocycles. The van der Waals surface area contributed by atoms with Gasteiger partial charge < -0.3 is 5.11 Å². The minimum absolute atomic E-state index is 0.125. The van der Waals surface area contributed by atoms with Crippen LogP contribution in [0.4, 0.5) is 0 Å². The third kappa shape index (κ3) is 1.52. The average molecular weight is 205 g/mol. The predicted molar refractivity (Wildman–Crippen MR) is 56.6 cm³/mol. The van der Waals surface area contributed by atoms with Crippen LogP contribution in [0.2, 0.25) is 0 Å². The van der Waals surface area contributed by atoms with E-state index in [2.05, 4.69) is 4.98 Å². The zero-order valence-corrected chi connectivity index (χ0v) is 9.19. The van der Waals surface area contributed by atoms with Crippen molar-refractivity contribution in [3.8, 4) is 0 Å². The number of rotatable bonds is 2. The molecule has 1 aromatic rings. The van der Waals surface area contributed by atoms with Gasteiger partial charge in [0.2, 0.25) is 0 Å². The molecule has 1 fully saturated rings. The Morgan fingerprint density at radius 3 is 2.67 bits per heavy atom. The van der Waals surface area contributed by atoms with E-state index in [-0.39, 0.29) is 17.3 Å². The SMILES string of the molecule is Cc1cc([C@H]2[C@H](C(=O)O)C2(C)C)ccn1. The molecule has 1 aliphatic carbocycles. The summed E-state index contributed by atoms with van der Waals surface area (Å²) >= 11 is 0. The van der Waals surface area contributed by atoms with Crippen LogP contribution in [0, 0.1) is 18.3 Å². The number of pyridine rings is 1. The van der Waals surface area contributed by atoms with E-state index in [0.717, 1.165) is 11.3 Å². The van der Waals surface area contributed by atoms with E-state index in [1.54, 1.807) is 6.20 Å². The highest BCUT2D eigenvalue weighted by Gasteiger charge is 2.62. The van der Waals surface area contributed by atoms with E-state index in [9.17, 15) is 4.79 Å². The molecular weight excluding hydrogens is 190 g/mol. The Morgan fingerprint density at radius 2 is 2.20 bits per heavy atom. The lowest BCUT2D eigenvalue weighted by atomic mass is 10.0. The second kappa shape index (κ2) is 3.05.